The molecule has 0 spiro atoms. The zero-order valence-electron chi connectivity index (χ0n) is 10.8. The summed E-state index contributed by atoms with van der Waals surface area (Å²) in [5, 5.41) is 3.22. The third-order valence-corrected chi connectivity index (χ3v) is 3.59. The SMILES string of the molecule is CCCCCSc1cc(F)cc(CNCC)c1. The maximum Gasteiger partial charge on any atom is 0.124 e. The van der Waals surface area contributed by atoms with E-state index in [-0.39, 0.29) is 5.82 Å². The van der Waals surface area contributed by atoms with Crippen LogP contribution in [0.25, 0.3) is 0 Å². The van der Waals surface area contributed by atoms with Gasteiger partial charge in [-0.2, -0.15) is 0 Å². The molecule has 1 aromatic rings. The Morgan fingerprint density at radius 2 is 2.00 bits per heavy atom. The standard InChI is InChI=1S/C14H22FNS/c1-3-5-6-7-17-14-9-12(11-16-4-2)8-13(15)10-14/h8-10,16H,3-7,11H2,1-2H3. The van der Waals surface area contributed by atoms with Crippen LogP contribution in [0.5, 0.6) is 0 Å². The maximum absolute atomic E-state index is 13.4. The highest BCUT2D eigenvalue weighted by atomic mass is 32.2. The van der Waals surface area contributed by atoms with E-state index in [9.17, 15) is 4.39 Å². The molecule has 0 amide bonds. The van der Waals surface area contributed by atoms with Crippen LogP contribution >= 0.6 is 11.8 Å². The van der Waals surface area contributed by atoms with Crippen LogP contribution in [0.1, 0.15) is 38.7 Å². The molecule has 0 fully saturated rings. The summed E-state index contributed by atoms with van der Waals surface area (Å²) in [6.07, 6.45) is 3.70. The fraction of sp³-hybridized carbons (Fsp3) is 0.571. The lowest BCUT2D eigenvalue weighted by molar-refractivity contribution is 0.617. The van der Waals surface area contributed by atoms with E-state index in [1.54, 1.807) is 23.9 Å². The predicted molar refractivity (Wildman–Crippen MR) is 74.0 cm³/mol. The second kappa shape index (κ2) is 8.54. The Balaban J connectivity index is 2.50. The molecule has 0 saturated heterocycles. The molecule has 0 bridgehead atoms. The molecule has 1 N–H and O–H groups in total. The zero-order valence-corrected chi connectivity index (χ0v) is 11.6. The van der Waals surface area contributed by atoms with Crippen LogP contribution in [0.3, 0.4) is 0 Å². The van der Waals surface area contributed by atoms with Gasteiger partial charge in [-0.1, -0.05) is 26.7 Å². The molecule has 1 aromatic carbocycles. The first-order chi connectivity index (χ1) is 8.26. The molecule has 0 aliphatic rings. The van der Waals surface area contributed by atoms with Gasteiger partial charge in [0.15, 0.2) is 0 Å². The molecule has 96 valence electrons. The quantitative estimate of drug-likeness (QED) is 0.551. The molecule has 0 aliphatic heterocycles. The number of rotatable bonds is 8. The van der Waals surface area contributed by atoms with Crippen LogP contribution in [-0.2, 0) is 6.54 Å². The van der Waals surface area contributed by atoms with Gasteiger partial charge >= 0.3 is 0 Å². The normalized spacial score (nSPS) is 10.8. The Kier molecular flexibility index (Phi) is 7.29. The largest absolute Gasteiger partial charge is 0.313 e. The summed E-state index contributed by atoms with van der Waals surface area (Å²) in [5.74, 6) is 0.955. The van der Waals surface area contributed by atoms with Crippen molar-refractivity contribution in [2.75, 3.05) is 12.3 Å². The zero-order chi connectivity index (χ0) is 12.5. The highest BCUT2D eigenvalue weighted by molar-refractivity contribution is 7.99. The molecule has 1 rings (SSSR count). The topological polar surface area (TPSA) is 12.0 Å². The lowest BCUT2D eigenvalue weighted by Crippen LogP contribution is -2.11. The van der Waals surface area contributed by atoms with E-state index in [1.165, 1.54) is 19.3 Å². The average molecular weight is 255 g/mol. The van der Waals surface area contributed by atoms with E-state index >= 15 is 0 Å². The lowest BCUT2D eigenvalue weighted by Gasteiger charge is -2.06. The minimum absolute atomic E-state index is 0.126. The van der Waals surface area contributed by atoms with E-state index in [4.69, 9.17) is 0 Å². The van der Waals surface area contributed by atoms with Crippen molar-refractivity contribution in [2.45, 2.75) is 44.6 Å². The van der Waals surface area contributed by atoms with E-state index < -0.39 is 0 Å². The number of thioether (sulfide) groups is 1. The molecule has 3 heteroatoms. The fourth-order valence-corrected chi connectivity index (χ4v) is 2.63. The third-order valence-electron chi connectivity index (χ3n) is 2.53. The molecule has 0 unspecified atom stereocenters. The number of unbranched alkanes of at least 4 members (excludes halogenated alkanes) is 2. The van der Waals surface area contributed by atoms with Crippen LogP contribution in [0.15, 0.2) is 23.1 Å². The van der Waals surface area contributed by atoms with Crippen molar-refractivity contribution in [1.82, 2.24) is 5.32 Å². The maximum atomic E-state index is 13.4. The summed E-state index contributed by atoms with van der Waals surface area (Å²) in [6.45, 7) is 5.91. The van der Waals surface area contributed by atoms with Gasteiger partial charge in [0.1, 0.15) is 5.82 Å². The Bertz CT molecular complexity index is 328. The molecular weight excluding hydrogens is 233 g/mol. The van der Waals surface area contributed by atoms with E-state index in [2.05, 4.69) is 25.2 Å². The van der Waals surface area contributed by atoms with Crippen LogP contribution < -0.4 is 5.32 Å². The van der Waals surface area contributed by atoms with Crippen molar-refractivity contribution in [1.29, 1.82) is 0 Å². The summed E-state index contributed by atoms with van der Waals surface area (Å²) >= 11 is 1.75. The number of halogens is 1. The molecule has 0 radical (unpaired) electrons. The van der Waals surface area contributed by atoms with Crippen molar-refractivity contribution in [3.05, 3.63) is 29.6 Å². The van der Waals surface area contributed by atoms with Gasteiger partial charge in [0.2, 0.25) is 0 Å². The monoisotopic (exact) mass is 255 g/mol. The average Bonchev–Trinajstić information content (AvgIpc) is 2.31. The van der Waals surface area contributed by atoms with Gasteiger partial charge in [-0.3, -0.25) is 0 Å². The third kappa shape index (κ3) is 6.08. The smallest absolute Gasteiger partial charge is 0.124 e. The summed E-state index contributed by atoms with van der Waals surface area (Å²) in [6, 6.07) is 5.33. The molecule has 0 heterocycles. The van der Waals surface area contributed by atoms with Crippen molar-refractivity contribution in [3.63, 3.8) is 0 Å². The second-order valence-electron chi connectivity index (χ2n) is 4.13. The number of benzene rings is 1. The lowest BCUT2D eigenvalue weighted by atomic mass is 10.2. The minimum atomic E-state index is -0.126. The highest BCUT2D eigenvalue weighted by Gasteiger charge is 2.01. The number of hydrogen-bond acceptors (Lipinski definition) is 2. The van der Waals surface area contributed by atoms with Crippen molar-refractivity contribution >= 4 is 11.8 Å². The summed E-state index contributed by atoms with van der Waals surface area (Å²) < 4.78 is 13.4. The first-order valence-corrected chi connectivity index (χ1v) is 7.37. The Morgan fingerprint density at radius 1 is 1.18 bits per heavy atom. The van der Waals surface area contributed by atoms with Crippen molar-refractivity contribution < 1.29 is 4.39 Å². The van der Waals surface area contributed by atoms with Gasteiger partial charge in [-0.05, 0) is 42.5 Å². The summed E-state index contributed by atoms with van der Waals surface area (Å²) in [7, 11) is 0. The molecule has 1 nitrogen and oxygen atoms in total. The minimum Gasteiger partial charge on any atom is -0.313 e. The molecular formula is C14H22FNS. The van der Waals surface area contributed by atoms with Gasteiger partial charge in [0.25, 0.3) is 0 Å². The van der Waals surface area contributed by atoms with Gasteiger partial charge < -0.3 is 5.32 Å². The van der Waals surface area contributed by atoms with Crippen LogP contribution in [0, 0.1) is 5.82 Å². The van der Waals surface area contributed by atoms with Crippen LogP contribution in [-0.4, -0.2) is 12.3 Å². The van der Waals surface area contributed by atoms with Gasteiger partial charge in [0.05, 0.1) is 0 Å². The Labute approximate surface area is 108 Å². The van der Waals surface area contributed by atoms with Crippen LogP contribution in [0.4, 0.5) is 4.39 Å². The highest BCUT2D eigenvalue weighted by Crippen LogP contribution is 2.22. The van der Waals surface area contributed by atoms with Gasteiger partial charge in [0, 0.05) is 11.4 Å². The van der Waals surface area contributed by atoms with E-state index in [0.717, 1.165) is 29.3 Å². The molecule has 0 aliphatic carbocycles. The molecule has 0 saturated carbocycles. The van der Waals surface area contributed by atoms with E-state index in [1.807, 2.05) is 0 Å². The van der Waals surface area contributed by atoms with Crippen LogP contribution in [0.2, 0.25) is 0 Å². The van der Waals surface area contributed by atoms with Crippen molar-refractivity contribution in [3.8, 4) is 0 Å². The second-order valence-corrected chi connectivity index (χ2v) is 5.30. The Morgan fingerprint density at radius 3 is 2.71 bits per heavy atom. The van der Waals surface area contributed by atoms with Gasteiger partial charge in [-0.25, -0.2) is 4.39 Å². The number of hydrogen-bond donors (Lipinski definition) is 1. The predicted octanol–water partition coefficient (Wildman–Crippen LogP) is 4.22. The summed E-state index contributed by atoms with van der Waals surface area (Å²) in [4.78, 5) is 1.05. The molecule has 17 heavy (non-hydrogen) atoms. The molecule has 0 aromatic heterocycles. The summed E-state index contributed by atoms with van der Waals surface area (Å²) in [5.41, 5.74) is 1.03. The first kappa shape index (κ1) is 14.5. The Hall–Kier alpha value is -0.540. The van der Waals surface area contributed by atoms with E-state index in [0.29, 0.717) is 0 Å². The van der Waals surface area contributed by atoms with Gasteiger partial charge in [-0.15, -0.1) is 11.8 Å². The first-order valence-electron chi connectivity index (χ1n) is 6.39. The fourth-order valence-electron chi connectivity index (χ4n) is 1.62. The number of nitrogens with one attached hydrogen (secondary N) is 1. The molecule has 0 atom stereocenters. The van der Waals surface area contributed by atoms with Crippen molar-refractivity contribution in [2.24, 2.45) is 0 Å².